The third kappa shape index (κ3) is 6.13. The fourth-order valence-corrected chi connectivity index (χ4v) is 9.53. The van der Waals surface area contributed by atoms with Gasteiger partial charge in [0.2, 0.25) is 0 Å². The molecule has 0 heterocycles. The van der Waals surface area contributed by atoms with E-state index >= 15 is 0 Å². The van der Waals surface area contributed by atoms with Gasteiger partial charge in [0, 0.05) is 33.5 Å². The lowest BCUT2D eigenvalue weighted by Crippen LogP contribution is -2.14. The van der Waals surface area contributed by atoms with Gasteiger partial charge in [-0.05, 0) is 173 Å². The van der Waals surface area contributed by atoms with E-state index in [1.807, 2.05) is 0 Å². The molecule has 2 nitrogen and oxygen atoms in total. The molecule has 276 valence electrons. The summed E-state index contributed by atoms with van der Waals surface area (Å²) in [7, 11) is 0. The van der Waals surface area contributed by atoms with E-state index in [0.717, 1.165) is 12.8 Å². The second-order valence-electron chi connectivity index (χ2n) is 17.1. The summed E-state index contributed by atoms with van der Waals surface area (Å²) < 4.78 is 0. The molecule has 56 heavy (non-hydrogen) atoms. The molecule has 0 amide bonds. The van der Waals surface area contributed by atoms with E-state index in [-0.39, 0.29) is 5.41 Å². The van der Waals surface area contributed by atoms with Gasteiger partial charge in [-0.25, -0.2) is 0 Å². The van der Waals surface area contributed by atoms with Crippen molar-refractivity contribution in [2.24, 2.45) is 0 Å². The number of aryl methyl sites for hydroxylation is 4. The van der Waals surface area contributed by atoms with Crippen molar-refractivity contribution in [1.29, 1.82) is 0 Å². The van der Waals surface area contributed by atoms with Crippen LogP contribution >= 0.6 is 0 Å². The highest BCUT2D eigenvalue weighted by Gasteiger charge is 2.25. The van der Waals surface area contributed by atoms with Gasteiger partial charge in [0.1, 0.15) is 0 Å². The maximum absolute atomic E-state index is 2.52. The average Bonchev–Trinajstić information content (AvgIpc) is 3.24. The quantitative estimate of drug-likeness (QED) is 0.157. The fourth-order valence-electron chi connectivity index (χ4n) is 9.53. The summed E-state index contributed by atoms with van der Waals surface area (Å²) in [5, 5.41) is 7.60. The topological polar surface area (TPSA) is 6.48 Å². The van der Waals surface area contributed by atoms with Gasteiger partial charge < -0.3 is 9.80 Å². The first-order valence-electron chi connectivity index (χ1n) is 20.8. The predicted molar refractivity (Wildman–Crippen MR) is 240 cm³/mol. The molecule has 0 spiro atoms. The first-order chi connectivity index (χ1) is 27.4. The Morgan fingerprint density at radius 3 is 1.30 bits per heavy atom. The number of hydrogen-bond acceptors (Lipinski definition) is 2. The van der Waals surface area contributed by atoms with Crippen LogP contribution in [0.2, 0.25) is 0 Å². The largest absolute Gasteiger partial charge is 0.310 e. The van der Waals surface area contributed by atoms with Crippen molar-refractivity contribution in [2.75, 3.05) is 9.80 Å². The van der Waals surface area contributed by atoms with Gasteiger partial charge in [-0.15, -0.1) is 0 Å². The molecule has 0 atom stereocenters. The maximum atomic E-state index is 2.52. The monoisotopic (exact) mass is 726 g/mol. The molecule has 2 heteroatoms. The van der Waals surface area contributed by atoms with Crippen LogP contribution in [0, 0.1) is 0 Å². The molecule has 0 bridgehead atoms. The smallest absolute Gasteiger partial charge is 0.0546 e. The van der Waals surface area contributed by atoms with Crippen molar-refractivity contribution in [3.05, 3.63) is 179 Å². The number of benzene rings is 8. The van der Waals surface area contributed by atoms with Crippen molar-refractivity contribution >= 4 is 66.4 Å². The highest BCUT2D eigenvalue weighted by atomic mass is 15.2. The van der Waals surface area contributed by atoms with Gasteiger partial charge in [-0.1, -0.05) is 106 Å². The third-order valence-electron chi connectivity index (χ3n) is 12.5. The van der Waals surface area contributed by atoms with Gasteiger partial charge in [0.05, 0.1) is 11.4 Å². The molecule has 2 aliphatic carbocycles. The number of anilines is 6. The van der Waals surface area contributed by atoms with Gasteiger partial charge in [0.15, 0.2) is 0 Å². The zero-order chi connectivity index (χ0) is 37.8. The molecule has 0 aliphatic heterocycles. The SMILES string of the molecule is CC(C)(C)c1ccc2c(c1)c(N(c1ccccc1)c1ccc3c(c1)CCCC3)cc1c3ccccc3c(N(c3ccccc3)c3ccc4c(c3)CCCC4)cc21. The number of hydrogen-bond donors (Lipinski definition) is 0. The van der Waals surface area contributed by atoms with Gasteiger partial charge >= 0.3 is 0 Å². The van der Waals surface area contributed by atoms with E-state index in [1.165, 1.54) is 133 Å². The average molecular weight is 727 g/mol. The normalized spacial score (nSPS) is 14.1. The molecule has 2 aliphatic rings. The summed E-state index contributed by atoms with van der Waals surface area (Å²) in [4.78, 5) is 5.03. The van der Waals surface area contributed by atoms with Crippen LogP contribution in [0.15, 0.2) is 152 Å². The standard InChI is InChI=1S/C54H50N2/c1-54(2,3)41-28-31-47-50-35-52(55(42-20-6-4-7-21-42)44-29-26-37-16-10-12-18-39(37)32-44)48-25-15-14-24-46(48)49(50)36-53(51(47)34-41)56(43-22-8-5-9-23-43)45-30-27-38-17-11-13-19-40(38)33-45/h4-9,14-15,20-36H,10-13,16-19H2,1-3H3. The Morgan fingerprint density at radius 2 is 0.786 bits per heavy atom. The summed E-state index contributed by atoms with van der Waals surface area (Å²) in [5.74, 6) is 0. The van der Waals surface area contributed by atoms with Crippen LogP contribution in [0.1, 0.15) is 74.3 Å². The van der Waals surface area contributed by atoms with Crippen molar-refractivity contribution < 1.29 is 0 Å². The second-order valence-corrected chi connectivity index (χ2v) is 17.1. The Bertz CT molecular complexity index is 2740. The lowest BCUT2D eigenvalue weighted by molar-refractivity contribution is 0.591. The minimum atomic E-state index is -0.00504. The number of fused-ring (bicyclic) bond motifs is 7. The van der Waals surface area contributed by atoms with E-state index in [9.17, 15) is 0 Å². The van der Waals surface area contributed by atoms with Crippen LogP contribution in [0.4, 0.5) is 34.1 Å². The van der Waals surface area contributed by atoms with Crippen molar-refractivity contribution in [3.63, 3.8) is 0 Å². The highest BCUT2D eigenvalue weighted by molar-refractivity contribution is 6.24. The third-order valence-corrected chi connectivity index (χ3v) is 12.5. The Labute approximate surface area is 332 Å². The van der Waals surface area contributed by atoms with Crippen LogP contribution in [0.3, 0.4) is 0 Å². The predicted octanol–water partition coefficient (Wildman–Crippen LogP) is 15.1. The summed E-state index contributed by atoms with van der Waals surface area (Å²) in [5.41, 5.74) is 14.5. The van der Waals surface area contributed by atoms with Crippen molar-refractivity contribution in [2.45, 2.75) is 77.6 Å². The number of rotatable bonds is 6. The zero-order valence-electron chi connectivity index (χ0n) is 33.0. The van der Waals surface area contributed by atoms with E-state index in [2.05, 4.69) is 182 Å². The van der Waals surface area contributed by atoms with Crippen LogP contribution < -0.4 is 9.80 Å². The van der Waals surface area contributed by atoms with Gasteiger partial charge in [0.25, 0.3) is 0 Å². The lowest BCUT2D eigenvalue weighted by Gasteiger charge is -2.31. The Kier molecular flexibility index (Phi) is 8.66. The fraction of sp³-hybridized carbons (Fsp3) is 0.222. The van der Waals surface area contributed by atoms with E-state index < -0.39 is 0 Å². The zero-order valence-corrected chi connectivity index (χ0v) is 33.0. The highest BCUT2D eigenvalue weighted by Crippen LogP contribution is 2.49. The molecule has 0 N–H and O–H groups in total. The molecule has 0 saturated heterocycles. The molecule has 0 fully saturated rings. The first-order valence-corrected chi connectivity index (χ1v) is 20.8. The summed E-state index contributed by atoms with van der Waals surface area (Å²) in [6.07, 6.45) is 9.73. The first kappa shape index (κ1) is 34.6. The minimum Gasteiger partial charge on any atom is -0.310 e. The molecule has 0 radical (unpaired) electrons. The Morgan fingerprint density at radius 1 is 0.339 bits per heavy atom. The second kappa shape index (κ2) is 14.0. The number of nitrogens with zero attached hydrogens (tertiary/aromatic N) is 2. The van der Waals surface area contributed by atoms with Gasteiger partial charge in [-0.3, -0.25) is 0 Å². The Balaban J connectivity index is 1.29. The summed E-state index contributed by atoms with van der Waals surface area (Å²) in [6, 6.07) is 57.7. The maximum Gasteiger partial charge on any atom is 0.0546 e. The summed E-state index contributed by atoms with van der Waals surface area (Å²) in [6.45, 7) is 6.99. The number of para-hydroxylation sites is 2. The van der Waals surface area contributed by atoms with Crippen LogP contribution in [-0.4, -0.2) is 0 Å². The lowest BCUT2D eigenvalue weighted by atomic mass is 9.84. The molecule has 8 aromatic carbocycles. The van der Waals surface area contributed by atoms with Gasteiger partial charge in [-0.2, -0.15) is 0 Å². The van der Waals surface area contributed by atoms with Crippen LogP contribution in [0.5, 0.6) is 0 Å². The van der Waals surface area contributed by atoms with E-state index in [0.29, 0.717) is 0 Å². The summed E-state index contributed by atoms with van der Waals surface area (Å²) >= 11 is 0. The van der Waals surface area contributed by atoms with E-state index in [1.54, 1.807) is 0 Å². The van der Waals surface area contributed by atoms with Crippen molar-refractivity contribution in [3.8, 4) is 0 Å². The van der Waals surface area contributed by atoms with Crippen LogP contribution in [0.25, 0.3) is 32.3 Å². The van der Waals surface area contributed by atoms with Crippen LogP contribution in [-0.2, 0) is 31.1 Å². The molecule has 10 rings (SSSR count). The molecule has 0 aromatic heterocycles. The molecular formula is C54H50N2. The molecular weight excluding hydrogens is 677 g/mol. The Hall–Kier alpha value is -5.86. The minimum absolute atomic E-state index is 0.00504. The molecule has 0 saturated carbocycles. The molecule has 0 unspecified atom stereocenters. The molecule has 8 aromatic rings. The van der Waals surface area contributed by atoms with Crippen molar-refractivity contribution in [1.82, 2.24) is 0 Å². The van der Waals surface area contributed by atoms with E-state index in [4.69, 9.17) is 0 Å².